The van der Waals surface area contributed by atoms with Gasteiger partial charge in [0.1, 0.15) is 17.8 Å². The zero-order valence-corrected chi connectivity index (χ0v) is 13.5. The lowest BCUT2D eigenvalue weighted by Crippen LogP contribution is -2.48. The fraction of sp³-hybridized carbons (Fsp3) is 0.533. The van der Waals surface area contributed by atoms with Gasteiger partial charge in [-0.25, -0.2) is 15.0 Å². The zero-order valence-electron chi connectivity index (χ0n) is 12.7. The predicted octanol–water partition coefficient (Wildman–Crippen LogP) is 1.60. The average Bonchev–Trinajstić information content (AvgIpc) is 3.33. The monoisotopic (exact) mass is 330 g/mol. The number of aromatic nitrogens is 4. The first-order valence-electron chi connectivity index (χ1n) is 7.95. The Kier molecular flexibility index (Phi) is 3.90. The van der Waals surface area contributed by atoms with Crippen LogP contribution in [0.1, 0.15) is 47.9 Å². The van der Waals surface area contributed by atoms with E-state index >= 15 is 0 Å². The van der Waals surface area contributed by atoms with Crippen LogP contribution in [0.4, 0.5) is 5.13 Å². The molecule has 0 spiro atoms. The van der Waals surface area contributed by atoms with Crippen molar-refractivity contribution in [3.8, 4) is 0 Å². The third kappa shape index (κ3) is 3.31. The molecule has 2 fully saturated rings. The Morgan fingerprint density at radius 3 is 3.04 bits per heavy atom. The summed E-state index contributed by atoms with van der Waals surface area (Å²) in [5.41, 5.74) is 0.407. The lowest BCUT2D eigenvalue weighted by molar-refractivity contribution is 0.0928. The smallest absolute Gasteiger partial charge is 0.270 e. The van der Waals surface area contributed by atoms with E-state index in [-0.39, 0.29) is 11.9 Å². The highest BCUT2D eigenvalue weighted by Crippen LogP contribution is 2.39. The molecule has 4 rings (SSSR count). The number of piperidine rings is 1. The van der Waals surface area contributed by atoms with E-state index < -0.39 is 0 Å². The highest BCUT2D eigenvalue weighted by molar-refractivity contribution is 7.09. The van der Waals surface area contributed by atoms with E-state index in [4.69, 9.17) is 0 Å². The first kappa shape index (κ1) is 14.5. The van der Waals surface area contributed by atoms with Gasteiger partial charge in [0.15, 0.2) is 0 Å². The van der Waals surface area contributed by atoms with Gasteiger partial charge in [-0.2, -0.15) is 4.37 Å². The van der Waals surface area contributed by atoms with Gasteiger partial charge < -0.3 is 10.2 Å². The summed E-state index contributed by atoms with van der Waals surface area (Å²) in [7, 11) is 0. The molecule has 1 N–H and O–H groups in total. The molecule has 1 aliphatic heterocycles. The van der Waals surface area contributed by atoms with Crippen LogP contribution in [0.2, 0.25) is 0 Å². The first-order chi connectivity index (χ1) is 11.3. The minimum Gasteiger partial charge on any atom is -0.346 e. The van der Waals surface area contributed by atoms with Crippen molar-refractivity contribution in [3.05, 3.63) is 30.1 Å². The van der Waals surface area contributed by atoms with E-state index in [1.165, 1.54) is 30.7 Å². The van der Waals surface area contributed by atoms with Crippen molar-refractivity contribution >= 4 is 22.6 Å². The van der Waals surface area contributed by atoms with E-state index in [1.807, 2.05) is 0 Å². The normalized spacial score (nSPS) is 21.2. The molecule has 0 radical (unpaired) electrons. The van der Waals surface area contributed by atoms with Crippen LogP contribution in [-0.4, -0.2) is 44.4 Å². The average molecular weight is 330 g/mol. The van der Waals surface area contributed by atoms with Gasteiger partial charge in [0, 0.05) is 42.8 Å². The molecule has 1 atom stereocenters. The molecule has 7 nitrogen and oxygen atoms in total. The van der Waals surface area contributed by atoms with Gasteiger partial charge in [-0.1, -0.05) is 0 Å². The standard InChI is InChI=1S/C15H18N6OS/c22-14(12-5-6-16-9-17-12)18-11-2-1-7-21(8-11)15-19-13(20-23-15)10-3-4-10/h5-6,9-11H,1-4,7-8H2,(H,18,22). The van der Waals surface area contributed by atoms with Gasteiger partial charge in [0.05, 0.1) is 0 Å². The number of hydrogen-bond acceptors (Lipinski definition) is 7. The molecule has 2 aliphatic rings. The molecule has 2 aromatic heterocycles. The third-order valence-corrected chi connectivity index (χ3v) is 5.01. The summed E-state index contributed by atoms with van der Waals surface area (Å²) in [5.74, 6) is 1.44. The van der Waals surface area contributed by atoms with Crippen molar-refractivity contribution in [1.82, 2.24) is 24.6 Å². The molecule has 23 heavy (non-hydrogen) atoms. The number of nitrogens with one attached hydrogen (secondary N) is 1. The fourth-order valence-corrected chi connectivity index (χ4v) is 3.60. The first-order valence-corrected chi connectivity index (χ1v) is 8.72. The Morgan fingerprint density at radius 1 is 1.35 bits per heavy atom. The summed E-state index contributed by atoms with van der Waals surface area (Å²) in [4.78, 5) is 26.9. The summed E-state index contributed by atoms with van der Waals surface area (Å²) in [6.07, 6.45) is 7.41. The quantitative estimate of drug-likeness (QED) is 0.917. The maximum atomic E-state index is 12.2. The molecule has 2 aromatic rings. The number of nitrogens with zero attached hydrogens (tertiary/aromatic N) is 5. The fourth-order valence-electron chi connectivity index (χ4n) is 2.82. The van der Waals surface area contributed by atoms with Crippen LogP contribution in [0.5, 0.6) is 0 Å². The van der Waals surface area contributed by atoms with Crippen molar-refractivity contribution in [2.45, 2.75) is 37.6 Å². The zero-order chi connectivity index (χ0) is 15.6. The Hall–Kier alpha value is -2.09. The molecule has 120 valence electrons. The van der Waals surface area contributed by atoms with Crippen molar-refractivity contribution in [1.29, 1.82) is 0 Å². The molecule has 3 heterocycles. The highest BCUT2D eigenvalue weighted by Gasteiger charge is 2.30. The van der Waals surface area contributed by atoms with Crippen LogP contribution in [0.15, 0.2) is 18.6 Å². The Balaban J connectivity index is 1.39. The van der Waals surface area contributed by atoms with Gasteiger partial charge in [-0.05, 0) is 31.7 Å². The van der Waals surface area contributed by atoms with Crippen LogP contribution < -0.4 is 10.2 Å². The predicted molar refractivity (Wildman–Crippen MR) is 86.6 cm³/mol. The van der Waals surface area contributed by atoms with Crippen LogP contribution >= 0.6 is 11.5 Å². The second kappa shape index (κ2) is 6.19. The number of amides is 1. The van der Waals surface area contributed by atoms with E-state index in [0.717, 1.165) is 36.9 Å². The SMILES string of the molecule is O=C(NC1CCCN(c2nc(C3CC3)ns2)C1)c1ccncn1. The van der Waals surface area contributed by atoms with E-state index in [1.54, 1.807) is 12.3 Å². The summed E-state index contributed by atoms with van der Waals surface area (Å²) >= 11 is 1.47. The number of anilines is 1. The molecule has 8 heteroatoms. The topological polar surface area (TPSA) is 83.9 Å². The maximum absolute atomic E-state index is 12.2. The maximum Gasteiger partial charge on any atom is 0.270 e. The second-order valence-corrected chi connectivity index (χ2v) is 6.79. The Labute approximate surface area is 138 Å². The van der Waals surface area contributed by atoms with E-state index in [0.29, 0.717) is 11.6 Å². The van der Waals surface area contributed by atoms with Gasteiger partial charge in [-0.3, -0.25) is 4.79 Å². The molecule has 0 aromatic carbocycles. The molecule has 1 saturated carbocycles. The molecule has 1 amide bonds. The molecule has 0 bridgehead atoms. The van der Waals surface area contributed by atoms with Gasteiger partial charge >= 0.3 is 0 Å². The minimum atomic E-state index is -0.143. The summed E-state index contributed by atoms with van der Waals surface area (Å²) in [6, 6.07) is 1.74. The van der Waals surface area contributed by atoms with Crippen LogP contribution in [0, 0.1) is 0 Å². The molecule has 1 unspecified atom stereocenters. The summed E-state index contributed by atoms with van der Waals surface area (Å²) in [6.45, 7) is 1.75. The van der Waals surface area contributed by atoms with Crippen molar-refractivity contribution in [2.24, 2.45) is 0 Å². The number of carbonyl (C=O) groups excluding carboxylic acids is 1. The van der Waals surface area contributed by atoms with E-state index in [9.17, 15) is 4.79 Å². The van der Waals surface area contributed by atoms with Crippen LogP contribution in [0.3, 0.4) is 0 Å². The van der Waals surface area contributed by atoms with Crippen molar-refractivity contribution in [3.63, 3.8) is 0 Å². The Bertz CT molecular complexity index is 686. The Morgan fingerprint density at radius 2 is 2.26 bits per heavy atom. The lowest BCUT2D eigenvalue weighted by Gasteiger charge is -2.32. The van der Waals surface area contributed by atoms with Crippen molar-refractivity contribution < 1.29 is 4.79 Å². The van der Waals surface area contributed by atoms with Gasteiger partial charge in [0.2, 0.25) is 5.13 Å². The minimum absolute atomic E-state index is 0.111. The summed E-state index contributed by atoms with van der Waals surface area (Å²) in [5, 5.41) is 4.04. The van der Waals surface area contributed by atoms with Crippen LogP contribution in [0.25, 0.3) is 0 Å². The molecular weight excluding hydrogens is 312 g/mol. The highest BCUT2D eigenvalue weighted by atomic mass is 32.1. The number of hydrogen-bond donors (Lipinski definition) is 1. The second-order valence-electron chi connectivity index (χ2n) is 6.06. The molecule has 1 saturated heterocycles. The van der Waals surface area contributed by atoms with Gasteiger partial charge in [-0.15, -0.1) is 0 Å². The van der Waals surface area contributed by atoms with Crippen molar-refractivity contribution in [2.75, 3.05) is 18.0 Å². The van der Waals surface area contributed by atoms with Gasteiger partial charge in [0.25, 0.3) is 5.91 Å². The summed E-state index contributed by atoms with van der Waals surface area (Å²) < 4.78 is 4.47. The largest absolute Gasteiger partial charge is 0.346 e. The van der Waals surface area contributed by atoms with E-state index in [2.05, 4.69) is 29.5 Å². The third-order valence-electron chi connectivity index (χ3n) is 4.22. The lowest BCUT2D eigenvalue weighted by atomic mass is 10.1. The molecule has 1 aliphatic carbocycles. The number of carbonyl (C=O) groups is 1. The molecular formula is C15H18N6OS. The number of rotatable bonds is 4. The van der Waals surface area contributed by atoms with Crippen LogP contribution in [-0.2, 0) is 0 Å².